The topological polar surface area (TPSA) is 32.3 Å². The number of rotatable bonds is 2. The number of hydrogen-bond acceptors (Lipinski definition) is 2. The summed E-state index contributed by atoms with van der Waals surface area (Å²) in [6.45, 7) is 4.72. The van der Waals surface area contributed by atoms with Crippen LogP contribution in [0, 0.1) is 5.92 Å². The largest absolute Gasteiger partial charge is 0.336 e. The smallest absolute Gasteiger partial charge is 0.246 e. The summed E-state index contributed by atoms with van der Waals surface area (Å²) in [4.78, 5) is 13.6. The quantitative estimate of drug-likeness (QED) is 0.659. The molecule has 0 bridgehead atoms. The number of allylic oxidation sites excluding steroid dienone is 1. The lowest BCUT2D eigenvalue weighted by Gasteiger charge is -2.31. The molecule has 2 rings (SSSR count). The van der Waals surface area contributed by atoms with Gasteiger partial charge in [-0.05, 0) is 31.8 Å². The fourth-order valence-electron chi connectivity index (χ4n) is 1.74. The van der Waals surface area contributed by atoms with Crippen molar-refractivity contribution in [3.8, 4) is 0 Å². The minimum absolute atomic E-state index is 0.185. The van der Waals surface area contributed by atoms with Crippen LogP contribution in [0.4, 0.5) is 0 Å². The molecule has 0 aromatic carbocycles. The number of nitrogens with one attached hydrogen (secondary N) is 1. The Bertz CT molecular complexity index is 246. The molecular formula is C11H18N2O. The van der Waals surface area contributed by atoms with Crippen molar-refractivity contribution in [3.05, 3.63) is 12.2 Å². The van der Waals surface area contributed by atoms with Gasteiger partial charge < -0.3 is 10.2 Å². The van der Waals surface area contributed by atoms with Crippen molar-refractivity contribution >= 4 is 5.91 Å². The SMILES string of the molecule is CC1CN(C(=O)/C=C/C2CC2)CCN1. The number of amides is 1. The zero-order chi connectivity index (χ0) is 9.97. The van der Waals surface area contributed by atoms with E-state index in [1.807, 2.05) is 4.90 Å². The Morgan fingerprint density at radius 2 is 2.29 bits per heavy atom. The summed E-state index contributed by atoms with van der Waals surface area (Å²) in [6.07, 6.45) is 6.36. The van der Waals surface area contributed by atoms with Gasteiger partial charge in [-0.15, -0.1) is 0 Å². The van der Waals surface area contributed by atoms with Gasteiger partial charge in [-0.3, -0.25) is 4.79 Å². The zero-order valence-electron chi connectivity index (χ0n) is 8.70. The zero-order valence-corrected chi connectivity index (χ0v) is 8.70. The predicted octanol–water partition coefficient (Wildman–Crippen LogP) is 0.773. The molecule has 14 heavy (non-hydrogen) atoms. The van der Waals surface area contributed by atoms with E-state index in [4.69, 9.17) is 0 Å². The third kappa shape index (κ3) is 2.58. The molecule has 1 aliphatic heterocycles. The van der Waals surface area contributed by atoms with Gasteiger partial charge in [0.25, 0.3) is 0 Å². The Kier molecular flexibility index (Phi) is 2.87. The standard InChI is InChI=1S/C11H18N2O/c1-9-8-13(7-6-12-9)11(14)5-4-10-2-3-10/h4-5,9-10,12H,2-3,6-8H2,1H3/b5-4+. The molecule has 1 heterocycles. The molecule has 0 aromatic heterocycles. The van der Waals surface area contributed by atoms with Crippen LogP contribution in [0.1, 0.15) is 19.8 Å². The second kappa shape index (κ2) is 4.13. The van der Waals surface area contributed by atoms with E-state index in [1.165, 1.54) is 12.8 Å². The summed E-state index contributed by atoms with van der Waals surface area (Å²) in [7, 11) is 0. The van der Waals surface area contributed by atoms with Crippen LogP contribution in [-0.4, -0.2) is 36.5 Å². The maximum absolute atomic E-state index is 11.7. The maximum Gasteiger partial charge on any atom is 0.246 e. The van der Waals surface area contributed by atoms with Gasteiger partial charge in [0.15, 0.2) is 0 Å². The van der Waals surface area contributed by atoms with E-state index in [0.29, 0.717) is 12.0 Å². The minimum atomic E-state index is 0.185. The van der Waals surface area contributed by atoms with Crippen LogP contribution in [0.15, 0.2) is 12.2 Å². The van der Waals surface area contributed by atoms with E-state index in [-0.39, 0.29) is 5.91 Å². The molecule has 1 unspecified atom stereocenters. The van der Waals surface area contributed by atoms with E-state index in [1.54, 1.807) is 6.08 Å². The molecule has 1 amide bonds. The molecule has 0 spiro atoms. The highest BCUT2D eigenvalue weighted by atomic mass is 16.2. The average molecular weight is 194 g/mol. The van der Waals surface area contributed by atoms with Crippen molar-refractivity contribution in [2.75, 3.05) is 19.6 Å². The fourth-order valence-corrected chi connectivity index (χ4v) is 1.74. The van der Waals surface area contributed by atoms with Gasteiger partial charge in [0, 0.05) is 25.7 Å². The molecule has 1 saturated carbocycles. The molecule has 2 aliphatic rings. The molecule has 1 saturated heterocycles. The van der Waals surface area contributed by atoms with Crippen LogP contribution in [0.5, 0.6) is 0 Å². The van der Waals surface area contributed by atoms with Crippen LogP contribution < -0.4 is 5.32 Å². The molecule has 3 heteroatoms. The molecule has 78 valence electrons. The van der Waals surface area contributed by atoms with Crippen molar-refractivity contribution < 1.29 is 4.79 Å². The van der Waals surface area contributed by atoms with Crippen molar-refractivity contribution in [3.63, 3.8) is 0 Å². The monoisotopic (exact) mass is 194 g/mol. The number of piperazine rings is 1. The number of nitrogens with zero attached hydrogens (tertiary/aromatic N) is 1. The van der Waals surface area contributed by atoms with Gasteiger partial charge in [0.2, 0.25) is 5.91 Å². The second-order valence-corrected chi connectivity index (χ2v) is 4.34. The maximum atomic E-state index is 11.7. The van der Waals surface area contributed by atoms with Crippen molar-refractivity contribution in [2.24, 2.45) is 5.92 Å². The molecule has 0 radical (unpaired) electrons. The summed E-state index contributed by atoms with van der Waals surface area (Å²) >= 11 is 0. The summed E-state index contributed by atoms with van der Waals surface area (Å²) in [5.41, 5.74) is 0. The molecular weight excluding hydrogens is 176 g/mol. The average Bonchev–Trinajstić information content (AvgIpc) is 2.97. The molecule has 2 fully saturated rings. The highest BCUT2D eigenvalue weighted by molar-refractivity contribution is 5.87. The summed E-state index contributed by atoms with van der Waals surface area (Å²) in [5.74, 6) is 0.879. The predicted molar refractivity (Wildman–Crippen MR) is 55.9 cm³/mol. The van der Waals surface area contributed by atoms with Gasteiger partial charge in [-0.1, -0.05) is 6.08 Å². The normalized spacial score (nSPS) is 28.4. The van der Waals surface area contributed by atoms with Crippen LogP contribution in [-0.2, 0) is 4.79 Å². The second-order valence-electron chi connectivity index (χ2n) is 4.34. The highest BCUT2D eigenvalue weighted by Gasteiger charge is 2.21. The minimum Gasteiger partial charge on any atom is -0.336 e. The van der Waals surface area contributed by atoms with Crippen molar-refractivity contribution in [1.29, 1.82) is 0 Å². The molecule has 1 N–H and O–H groups in total. The van der Waals surface area contributed by atoms with E-state index >= 15 is 0 Å². The van der Waals surface area contributed by atoms with Crippen LogP contribution >= 0.6 is 0 Å². The van der Waals surface area contributed by atoms with Gasteiger partial charge in [-0.2, -0.15) is 0 Å². The summed E-state index contributed by atoms with van der Waals surface area (Å²) in [6, 6.07) is 0.432. The third-order valence-corrected chi connectivity index (χ3v) is 2.81. The van der Waals surface area contributed by atoms with Gasteiger partial charge >= 0.3 is 0 Å². The Labute approximate surface area is 85.2 Å². The van der Waals surface area contributed by atoms with Crippen LogP contribution in [0.25, 0.3) is 0 Å². The lowest BCUT2D eigenvalue weighted by molar-refractivity contribution is -0.127. The Balaban J connectivity index is 1.83. The Morgan fingerprint density at radius 1 is 1.50 bits per heavy atom. The van der Waals surface area contributed by atoms with E-state index in [9.17, 15) is 4.79 Å². The summed E-state index contributed by atoms with van der Waals surface area (Å²) in [5, 5.41) is 3.33. The molecule has 1 atom stereocenters. The number of carbonyl (C=O) groups is 1. The van der Waals surface area contributed by atoms with Crippen LogP contribution in [0.3, 0.4) is 0 Å². The first-order valence-corrected chi connectivity index (χ1v) is 5.46. The lowest BCUT2D eigenvalue weighted by Crippen LogP contribution is -2.50. The first kappa shape index (κ1) is 9.71. The molecule has 0 aromatic rings. The van der Waals surface area contributed by atoms with E-state index < -0.39 is 0 Å². The summed E-state index contributed by atoms with van der Waals surface area (Å²) < 4.78 is 0. The van der Waals surface area contributed by atoms with Crippen LogP contribution in [0.2, 0.25) is 0 Å². The number of carbonyl (C=O) groups excluding carboxylic acids is 1. The first-order valence-electron chi connectivity index (χ1n) is 5.46. The van der Waals surface area contributed by atoms with Gasteiger partial charge in [0.1, 0.15) is 0 Å². The Hall–Kier alpha value is -0.830. The van der Waals surface area contributed by atoms with Crippen molar-refractivity contribution in [2.45, 2.75) is 25.8 Å². The van der Waals surface area contributed by atoms with Gasteiger partial charge in [-0.25, -0.2) is 0 Å². The van der Waals surface area contributed by atoms with E-state index in [2.05, 4.69) is 18.3 Å². The molecule has 3 nitrogen and oxygen atoms in total. The third-order valence-electron chi connectivity index (χ3n) is 2.81. The fraction of sp³-hybridized carbons (Fsp3) is 0.727. The number of hydrogen-bond donors (Lipinski definition) is 1. The molecule has 1 aliphatic carbocycles. The van der Waals surface area contributed by atoms with Crippen molar-refractivity contribution in [1.82, 2.24) is 10.2 Å². The first-order chi connectivity index (χ1) is 6.75. The Morgan fingerprint density at radius 3 is 2.93 bits per heavy atom. The van der Waals surface area contributed by atoms with E-state index in [0.717, 1.165) is 19.6 Å². The van der Waals surface area contributed by atoms with Gasteiger partial charge in [0.05, 0.1) is 0 Å². The lowest BCUT2D eigenvalue weighted by atomic mass is 10.2. The highest BCUT2D eigenvalue weighted by Crippen LogP contribution is 2.29.